The van der Waals surface area contributed by atoms with Crippen molar-refractivity contribution in [2.75, 3.05) is 42.9 Å². The average Bonchev–Trinajstić information content (AvgIpc) is 2.68. The lowest BCUT2D eigenvalue weighted by Crippen LogP contribution is -2.47. The molecule has 0 atom stereocenters. The van der Waals surface area contributed by atoms with Crippen molar-refractivity contribution < 1.29 is 9.90 Å². The molecule has 132 valence electrons. The fourth-order valence-electron chi connectivity index (χ4n) is 3.01. The number of hydrogen-bond donors (Lipinski definition) is 2. The van der Waals surface area contributed by atoms with Crippen LogP contribution in [0.3, 0.4) is 0 Å². The summed E-state index contributed by atoms with van der Waals surface area (Å²) in [5.41, 5.74) is 2.52. The van der Waals surface area contributed by atoms with Gasteiger partial charge in [0.15, 0.2) is 0 Å². The smallest absolute Gasteiger partial charge is 0.225 e. The number of para-hydroxylation sites is 1. The molecule has 6 nitrogen and oxygen atoms in total. The predicted molar refractivity (Wildman–Crippen MR) is 98.5 cm³/mol. The van der Waals surface area contributed by atoms with Gasteiger partial charge in [-0.25, -0.2) is 0 Å². The standard InChI is InChI=1S/C19H24N4O2/c24-15-16-6-8-20-14-18(16)21-19(25)7-9-22-10-12-23(13-11-22)17-4-2-1-3-5-17/h1-6,8,14,24H,7,9-13,15H2,(H,21,25). The highest BCUT2D eigenvalue weighted by Crippen LogP contribution is 2.16. The molecule has 0 radical (unpaired) electrons. The normalized spacial score (nSPS) is 15.2. The van der Waals surface area contributed by atoms with Gasteiger partial charge in [0.25, 0.3) is 0 Å². The lowest BCUT2D eigenvalue weighted by Gasteiger charge is -2.36. The van der Waals surface area contributed by atoms with E-state index in [2.05, 4.69) is 44.4 Å². The number of carbonyl (C=O) groups is 1. The van der Waals surface area contributed by atoms with Gasteiger partial charge in [0.1, 0.15) is 0 Å². The molecule has 25 heavy (non-hydrogen) atoms. The lowest BCUT2D eigenvalue weighted by atomic mass is 10.2. The van der Waals surface area contributed by atoms with Crippen molar-refractivity contribution in [2.45, 2.75) is 13.0 Å². The summed E-state index contributed by atoms with van der Waals surface area (Å²) in [4.78, 5) is 20.8. The molecule has 1 amide bonds. The summed E-state index contributed by atoms with van der Waals surface area (Å²) >= 11 is 0. The summed E-state index contributed by atoms with van der Waals surface area (Å²) in [6, 6.07) is 12.1. The Hall–Kier alpha value is -2.44. The summed E-state index contributed by atoms with van der Waals surface area (Å²) in [6.45, 7) is 4.49. The van der Waals surface area contributed by atoms with Crippen LogP contribution in [-0.2, 0) is 11.4 Å². The molecule has 0 aliphatic carbocycles. The van der Waals surface area contributed by atoms with Crippen LogP contribution in [0.4, 0.5) is 11.4 Å². The number of aliphatic hydroxyl groups excluding tert-OH is 1. The maximum absolute atomic E-state index is 12.2. The van der Waals surface area contributed by atoms with Crippen molar-refractivity contribution in [3.8, 4) is 0 Å². The van der Waals surface area contributed by atoms with Crippen LogP contribution >= 0.6 is 0 Å². The van der Waals surface area contributed by atoms with Gasteiger partial charge >= 0.3 is 0 Å². The highest BCUT2D eigenvalue weighted by Gasteiger charge is 2.17. The predicted octanol–water partition coefficient (Wildman–Crippen LogP) is 1.72. The van der Waals surface area contributed by atoms with E-state index in [4.69, 9.17) is 0 Å². The van der Waals surface area contributed by atoms with E-state index in [1.807, 2.05) is 6.07 Å². The van der Waals surface area contributed by atoms with Crippen molar-refractivity contribution >= 4 is 17.3 Å². The van der Waals surface area contributed by atoms with Gasteiger partial charge in [-0.2, -0.15) is 0 Å². The first-order chi connectivity index (χ1) is 12.3. The van der Waals surface area contributed by atoms with Gasteiger partial charge in [-0.3, -0.25) is 14.7 Å². The number of amides is 1. The zero-order valence-corrected chi connectivity index (χ0v) is 14.3. The van der Waals surface area contributed by atoms with E-state index >= 15 is 0 Å². The van der Waals surface area contributed by atoms with E-state index in [0.717, 1.165) is 32.7 Å². The van der Waals surface area contributed by atoms with Crippen molar-refractivity contribution in [1.82, 2.24) is 9.88 Å². The number of aliphatic hydroxyl groups is 1. The number of hydrogen-bond acceptors (Lipinski definition) is 5. The Morgan fingerprint density at radius 3 is 2.60 bits per heavy atom. The molecule has 1 aliphatic rings. The molecule has 0 unspecified atom stereocenters. The Bertz CT molecular complexity index is 685. The number of rotatable bonds is 6. The lowest BCUT2D eigenvalue weighted by molar-refractivity contribution is -0.116. The highest BCUT2D eigenvalue weighted by atomic mass is 16.3. The maximum atomic E-state index is 12.2. The van der Waals surface area contributed by atoms with E-state index in [-0.39, 0.29) is 12.5 Å². The Morgan fingerprint density at radius 2 is 1.88 bits per heavy atom. The number of aromatic nitrogens is 1. The van der Waals surface area contributed by atoms with E-state index < -0.39 is 0 Å². The zero-order valence-electron chi connectivity index (χ0n) is 14.3. The van der Waals surface area contributed by atoms with Gasteiger partial charge in [0.05, 0.1) is 18.5 Å². The number of benzene rings is 1. The second kappa shape index (κ2) is 8.60. The Balaban J connectivity index is 1.43. The number of piperazine rings is 1. The van der Waals surface area contributed by atoms with Crippen molar-refractivity contribution in [3.63, 3.8) is 0 Å². The minimum atomic E-state index is -0.112. The summed E-state index contributed by atoms with van der Waals surface area (Å²) in [5, 5.41) is 12.1. The van der Waals surface area contributed by atoms with Gasteiger partial charge in [0, 0.05) is 56.6 Å². The average molecular weight is 340 g/mol. The van der Waals surface area contributed by atoms with Gasteiger partial charge in [0.2, 0.25) is 5.91 Å². The summed E-state index contributed by atoms with van der Waals surface area (Å²) in [7, 11) is 0. The molecule has 1 aromatic carbocycles. The molecule has 3 rings (SSSR count). The van der Waals surface area contributed by atoms with Crippen molar-refractivity contribution in [2.24, 2.45) is 0 Å². The first kappa shape index (κ1) is 17.4. The Kier molecular flexibility index (Phi) is 5.98. The molecule has 1 aromatic heterocycles. The van der Waals surface area contributed by atoms with Crippen LogP contribution in [0.2, 0.25) is 0 Å². The van der Waals surface area contributed by atoms with Gasteiger partial charge in [-0.1, -0.05) is 18.2 Å². The molecule has 2 N–H and O–H groups in total. The van der Waals surface area contributed by atoms with Crippen LogP contribution in [0.5, 0.6) is 0 Å². The number of pyridine rings is 1. The summed E-state index contributed by atoms with van der Waals surface area (Å²) in [6.07, 6.45) is 3.61. The molecule has 1 fully saturated rings. The van der Waals surface area contributed by atoms with Crippen molar-refractivity contribution in [3.05, 3.63) is 54.4 Å². The van der Waals surface area contributed by atoms with Crippen LogP contribution in [-0.4, -0.2) is 53.6 Å². The molecule has 0 spiro atoms. The largest absolute Gasteiger partial charge is 0.392 e. The third kappa shape index (κ3) is 4.78. The van der Waals surface area contributed by atoms with E-state index in [1.165, 1.54) is 5.69 Å². The molecular formula is C19H24N4O2. The molecule has 2 heterocycles. The number of nitrogens with one attached hydrogen (secondary N) is 1. The Morgan fingerprint density at radius 1 is 1.12 bits per heavy atom. The van der Waals surface area contributed by atoms with Crippen LogP contribution < -0.4 is 10.2 Å². The molecule has 6 heteroatoms. The van der Waals surface area contributed by atoms with Crippen LogP contribution in [0, 0.1) is 0 Å². The third-order valence-electron chi connectivity index (χ3n) is 4.50. The van der Waals surface area contributed by atoms with Gasteiger partial charge < -0.3 is 15.3 Å². The molecule has 2 aromatic rings. The molecule has 0 bridgehead atoms. The van der Waals surface area contributed by atoms with Crippen LogP contribution in [0.1, 0.15) is 12.0 Å². The quantitative estimate of drug-likeness (QED) is 0.838. The second-order valence-electron chi connectivity index (χ2n) is 6.15. The van der Waals surface area contributed by atoms with E-state index in [0.29, 0.717) is 17.7 Å². The summed E-state index contributed by atoms with van der Waals surface area (Å²) in [5.74, 6) is -0.0480. The minimum Gasteiger partial charge on any atom is -0.392 e. The maximum Gasteiger partial charge on any atom is 0.225 e. The minimum absolute atomic E-state index is 0.0480. The summed E-state index contributed by atoms with van der Waals surface area (Å²) < 4.78 is 0. The van der Waals surface area contributed by atoms with Gasteiger partial charge in [-0.05, 0) is 18.2 Å². The molecular weight excluding hydrogens is 316 g/mol. The van der Waals surface area contributed by atoms with Gasteiger partial charge in [-0.15, -0.1) is 0 Å². The molecule has 1 aliphatic heterocycles. The first-order valence-corrected chi connectivity index (χ1v) is 8.62. The number of carbonyl (C=O) groups excluding carboxylic acids is 1. The van der Waals surface area contributed by atoms with E-state index in [9.17, 15) is 9.90 Å². The number of anilines is 2. The molecule has 1 saturated heterocycles. The topological polar surface area (TPSA) is 68.7 Å². The van der Waals surface area contributed by atoms with Crippen LogP contribution in [0.25, 0.3) is 0 Å². The third-order valence-corrected chi connectivity index (χ3v) is 4.50. The number of nitrogens with zero attached hydrogens (tertiary/aromatic N) is 3. The Labute approximate surface area is 148 Å². The zero-order chi connectivity index (χ0) is 17.5. The fourth-order valence-corrected chi connectivity index (χ4v) is 3.01. The van der Waals surface area contributed by atoms with Crippen molar-refractivity contribution in [1.29, 1.82) is 0 Å². The molecule has 0 saturated carbocycles. The highest BCUT2D eigenvalue weighted by molar-refractivity contribution is 5.91. The first-order valence-electron chi connectivity index (χ1n) is 8.62. The van der Waals surface area contributed by atoms with Crippen LogP contribution in [0.15, 0.2) is 48.8 Å². The monoisotopic (exact) mass is 340 g/mol. The fraction of sp³-hybridized carbons (Fsp3) is 0.368. The SMILES string of the molecule is O=C(CCN1CCN(c2ccccc2)CC1)Nc1cnccc1CO. The van der Waals surface area contributed by atoms with E-state index in [1.54, 1.807) is 18.5 Å². The second-order valence-corrected chi connectivity index (χ2v) is 6.15.